The first-order chi connectivity index (χ1) is 14.7. The summed E-state index contributed by atoms with van der Waals surface area (Å²) in [7, 11) is 1.87. The molecule has 2 aromatic carbocycles. The maximum absolute atomic E-state index is 12.7. The first kappa shape index (κ1) is 20.7. The van der Waals surface area contributed by atoms with Crippen LogP contribution in [0.2, 0.25) is 0 Å². The smallest absolute Gasteiger partial charge is 0.236 e. The van der Waals surface area contributed by atoms with Crippen molar-refractivity contribution in [2.24, 2.45) is 0 Å². The molecule has 3 aromatic rings. The summed E-state index contributed by atoms with van der Waals surface area (Å²) in [5, 5.41) is 0.988. The average Bonchev–Trinajstić information content (AvgIpc) is 3.18. The van der Waals surface area contributed by atoms with Gasteiger partial charge in [0.1, 0.15) is 5.01 Å². The number of rotatable bonds is 7. The van der Waals surface area contributed by atoms with Crippen molar-refractivity contribution in [2.75, 3.05) is 46.3 Å². The number of likely N-dealkylation sites (N-methyl/N-ethyl adjacent to an activating group) is 1. The molecule has 1 aromatic heterocycles. The van der Waals surface area contributed by atoms with E-state index in [2.05, 4.69) is 57.3 Å². The minimum atomic E-state index is 0.159. The van der Waals surface area contributed by atoms with Gasteiger partial charge in [0.2, 0.25) is 5.91 Å². The lowest BCUT2D eigenvalue weighted by Gasteiger charge is -2.34. The van der Waals surface area contributed by atoms with Gasteiger partial charge in [0.05, 0.1) is 23.3 Å². The molecule has 0 unspecified atom stereocenters. The second kappa shape index (κ2) is 9.98. The number of piperazine rings is 1. The Hall–Kier alpha value is -2.54. The second-order valence-corrected chi connectivity index (χ2v) is 8.83. The van der Waals surface area contributed by atoms with Crippen LogP contribution < -0.4 is 0 Å². The number of para-hydroxylation sites is 1. The van der Waals surface area contributed by atoms with Crippen molar-refractivity contribution >= 4 is 33.5 Å². The third-order valence-electron chi connectivity index (χ3n) is 5.43. The molecule has 5 nitrogen and oxygen atoms in total. The summed E-state index contributed by atoms with van der Waals surface area (Å²) in [6.45, 7) is 5.85. The van der Waals surface area contributed by atoms with Crippen LogP contribution in [0.4, 0.5) is 0 Å². The molecular formula is C24H28N4OS. The van der Waals surface area contributed by atoms with Crippen LogP contribution in [0.25, 0.3) is 16.3 Å². The minimum Gasteiger partial charge on any atom is -0.338 e. The summed E-state index contributed by atoms with van der Waals surface area (Å²) in [6.07, 6.45) is 4.40. The molecule has 1 aliphatic rings. The van der Waals surface area contributed by atoms with Crippen LogP contribution in [0.5, 0.6) is 0 Å². The average molecular weight is 421 g/mol. The van der Waals surface area contributed by atoms with E-state index in [9.17, 15) is 4.79 Å². The molecular weight excluding hydrogens is 392 g/mol. The van der Waals surface area contributed by atoms with Gasteiger partial charge in [0.15, 0.2) is 0 Å². The van der Waals surface area contributed by atoms with Crippen LogP contribution in [0, 0.1) is 0 Å². The third-order valence-corrected chi connectivity index (χ3v) is 6.45. The molecule has 0 atom stereocenters. The van der Waals surface area contributed by atoms with Crippen LogP contribution in [-0.2, 0) is 11.3 Å². The first-order valence-corrected chi connectivity index (χ1v) is 11.2. The largest absolute Gasteiger partial charge is 0.338 e. The van der Waals surface area contributed by atoms with Gasteiger partial charge >= 0.3 is 0 Å². The Balaban J connectivity index is 1.20. The molecule has 30 heavy (non-hydrogen) atoms. The van der Waals surface area contributed by atoms with Gasteiger partial charge in [-0.1, -0.05) is 54.6 Å². The monoisotopic (exact) mass is 420 g/mol. The van der Waals surface area contributed by atoms with Crippen molar-refractivity contribution in [3.8, 4) is 0 Å². The van der Waals surface area contributed by atoms with E-state index in [1.807, 2.05) is 31.3 Å². The summed E-state index contributed by atoms with van der Waals surface area (Å²) < 4.78 is 1.17. The van der Waals surface area contributed by atoms with Gasteiger partial charge in [0.25, 0.3) is 0 Å². The van der Waals surface area contributed by atoms with Crippen molar-refractivity contribution < 1.29 is 4.79 Å². The Labute approximate surface area is 182 Å². The highest BCUT2D eigenvalue weighted by molar-refractivity contribution is 7.18. The molecule has 2 heterocycles. The van der Waals surface area contributed by atoms with E-state index in [0.29, 0.717) is 13.1 Å². The van der Waals surface area contributed by atoms with E-state index in [4.69, 9.17) is 0 Å². The van der Waals surface area contributed by atoms with Crippen molar-refractivity contribution in [3.05, 3.63) is 71.2 Å². The maximum Gasteiger partial charge on any atom is 0.236 e. The maximum atomic E-state index is 12.7. The summed E-state index contributed by atoms with van der Waals surface area (Å²) in [5.74, 6) is 0.159. The first-order valence-electron chi connectivity index (χ1n) is 10.4. The van der Waals surface area contributed by atoms with Crippen molar-refractivity contribution in [3.63, 3.8) is 0 Å². The summed E-state index contributed by atoms with van der Waals surface area (Å²) in [5.41, 5.74) is 2.24. The van der Waals surface area contributed by atoms with Crippen LogP contribution >= 0.6 is 11.3 Å². The normalized spacial score (nSPS) is 15.8. The molecule has 0 saturated carbocycles. The fourth-order valence-electron chi connectivity index (χ4n) is 3.62. The zero-order valence-electron chi connectivity index (χ0n) is 17.4. The lowest BCUT2D eigenvalue weighted by atomic mass is 10.2. The summed E-state index contributed by atoms with van der Waals surface area (Å²) in [6, 6.07) is 18.5. The quantitative estimate of drug-likeness (QED) is 0.586. The van der Waals surface area contributed by atoms with Gasteiger partial charge in [-0.15, -0.1) is 11.3 Å². The number of hydrogen-bond acceptors (Lipinski definition) is 5. The lowest BCUT2D eigenvalue weighted by molar-refractivity contribution is -0.132. The fourth-order valence-corrected chi connectivity index (χ4v) is 4.64. The molecule has 1 fully saturated rings. The zero-order valence-corrected chi connectivity index (χ0v) is 18.2. The van der Waals surface area contributed by atoms with E-state index in [1.165, 1.54) is 10.3 Å². The zero-order chi connectivity index (χ0) is 20.8. The summed E-state index contributed by atoms with van der Waals surface area (Å²) >= 11 is 1.66. The Morgan fingerprint density at radius 3 is 2.50 bits per heavy atom. The van der Waals surface area contributed by atoms with Crippen LogP contribution in [0.1, 0.15) is 10.6 Å². The minimum absolute atomic E-state index is 0.159. The topological polar surface area (TPSA) is 39.7 Å². The number of aromatic nitrogens is 1. The van der Waals surface area contributed by atoms with E-state index in [0.717, 1.165) is 43.2 Å². The van der Waals surface area contributed by atoms with Crippen molar-refractivity contribution in [1.82, 2.24) is 19.7 Å². The number of carbonyl (C=O) groups excluding carboxylic acids is 1. The Morgan fingerprint density at radius 2 is 1.73 bits per heavy atom. The van der Waals surface area contributed by atoms with Crippen LogP contribution in [0.15, 0.2) is 60.7 Å². The number of nitrogens with zero attached hydrogens (tertiary/aromatic N) is 4. The molecule has 4 rings (SSSR count). The lowest BCUT2D eigenvalue weighted by Crippen LogP contribution is -2.49. The SMILES string of the molecule is CN(Cc1nc2ccccc2s1)C(=O)CN1CCN(C/C=C/c2ccccc2)CC1. The molecule has 0 radical (unpaired) electrons. The highest BCUT2D eigenvalue weighted by Gasteiger charge is 2.20. The van der Waals surface area contributed by atoms with Gasteiger partial charge in [0, 0.05) is 39.8 Å². The molecule has 1 amide bonds. The molecule has 156 valence electrons. The number of hydrogen-bond donors (Lipinski definition) is 0. The number of amides is 1. The predicted octanol–water partition coefficient (Wildman–Crippen LogP) is 3.59. The van der Waals surface area contributed by atoms with Gasteiger partial charge in [-0.3, -0.25) is 14.6 Å². The highest BCUT2D eigenvalue weighted by Crippen LogP contribution is 2.22. The van der Waals surface area contributed by atoms with Crippen molar-refractivity contribution in [2.45, 2.75) is 6.54 Å². The number of thiazole rings is 1. The number of fused-ring (bicyclic) bond motifs is 1. The number of carbonyl (C=O) groups is 1. The molecule has 1 aliphatic heterocycles. The molecule has 0 bridgehead atoms. The molecule has 1 saturated heterocycles. The van der Waals surface area contributed by atoms with Gasteiger partial charge in [-0.2, -0.15) is 0 Å². The Morgan fingerprint density at radius 1 is 1.03 bits per heavy atom. The van der Waals surface area contributed by atoms with Crippen molar-refractivity contribution in [1.29, 1.82) is 0 Å². The fraction of sp³-hybridized carbons (Fsp3) is 0.333. The van der Waals surface area contributed by atoms with Gasteiger partial charge < -0.3 is 4.90 Å². The third kappa shape index (κ3) is 5.53. The Kier molecular flexibility index (Phi) is 6.89. The van der Waals surface area contributed by atoms with E-state index in [-0.39, 0.29) is 5.91 Å². The van der Waals surface area contributed by atoms with E-state index >= 15 is 0 Å². The van der Waals surface area contributed by atoms with Crippen LogP contribution in [-0.4, -0.2) is 71.9 Å². The second-order valence-electron chi connectivity index (χ2n) is 7.71. The Bertz CT molecular complexity index is 960. The van der Waals surface area contributed by atoms with Crippen LogP contribution in [0.3, 0.4) is 0 Å². The highest BCUT2D eigenvalue weighted by atomic mass is 32.1. The summed E-state index contributed by atoms with van der Waals surface area (Å²) in [4.78, 5) is 23.8. The van der Waals surface area contributed by atoms with Gasteiger partial charge in [-0.05, 0) is 17.7 Å². The molecule has 0 N–H and O–H groups in total. The predicted molar refractivity (Wildman–Crippen MR) is 124 cm³/mol. The molecule has 0 aliphatic carbocycles. The standard InChI is InChI=1S/C24H28N4OS/c1-26(18-23-25-21-11-5-6-12-22(21)30-23)24(29)19-28-16-14-27(15-17-28)13-7-10-20-8-3-2-4-9-20/h2-12H,13-19H2,1H3/b10-7+. The van der Waals surface area contributed by atoms with Gasteiger partial charge in [-0.25, -0.2) is 4.98 Å². The molecule has 6 heteroatoms. The number of benzene rings is 2. The molecule has 0 spiro atoms. The van der Waals surface area contributed by atoms with E-state index in [1.54, 1.807) is 16.2 Å². The van der Waals surface area contributed by atoms with E-state index < -0.39 is 0 Å².